The lowest BCUT2D eigenvalue weighted by Crippen LogP contribution is -2.61. The maximum absolute atomic E-state index is 11.9. The molecule has 0 aromatic heterocycles. The Balaban J connectivity index is 1.88. The van der Waals surface area contributed by atoms with Crippen molar-refractivity contribution in [2.45, 2.75) is 51.8 Å². The van der Waals surface area contributed by atoms with Gasteiger partial charge in [0.05, 0.1) is 10.0 Å². The number of hydrogen-bond donors (Lipinski definition) is 1. The minimum atomic E-state index is -0.457. The molecule has 6 heteroatoms. The van der Waals surface area contributed by atoms with Gasteiger partial charge in [0.2, 0.25) is 0 Å². The minimum Gasteiger partial charge on any atom is -0.444 e. The molecule has 1 aromatic carbocycles. The first-order valence-corrected chi connectivity index (χ1v) is 8.64. The van der Waals surface area contributed by atoms with Crippen LogP contribution in [-0.4, -0.2) is 35.7 Å². The summed E-state index contributed by atoms with van der Waals surface area (Å²) in [6.07, 6.45) is 0.680. The molecule has 1 aliphatic heterocycles. The first-order chi connectivity index (χ1) is 10.7. The maximum Gasteiger partial charge on any atom is 0.410 e. The molecule has 1 heterocycles. The molecule has 1 unspecified atom stereocenters. The highest BCUT2D eigenvalue weighted by Gasteiger charge is 2.34. The van der Waals surface area contributed by atoms with E-state index in [9.17, 15) is 4.79 Å². The van der Waals surface area contributed by atoms with Gasteiger partial charge in [-0.25, -0.2) is 4.79 Å². The molecule has 0 saturated carbocycles. The Hall–Kier alpha value is -0.970. The molecule has 4 nitrogen and oxygen atoms in total. The number of halogens is 2. The third kappa shape index (κ3) is 5.00. The number of rotatable bonds is 4. The van der Waals surface area contributed by atoms with E-state index in [1.54, 1.807) is 4.90 Å². The summed E-state index contributed by atoms with van der Waals surface area (Å²) >= 11 is 12.1. The molecule has 0 bridgehead atoms. The van der Waals surface area contributed by atoms with Crippen molar-refractivity contribution in [2.24, 2.45) is 0 Å². The van der Waals surface area contributed by atoms with Crippen molar-refractivity contribution >= 4 is 29.3 Å². The first-order valence-electron chi connectivity index (χ1n) is 7.88. The van der Waals surface area contributed by atoms with E-state index >= 15 is 0 Å². The lowest BCUT2D eigenvalue weighted by Gasteiger charge is -2.41. The Morgan fingerprint density at radius 2 is 2.00 bits per heavy atom. The molecule has 2 rings (SSSR count). The van der Waals surface area contributed by atoms with Crippen LogP contribution < -0.4 is 5.32 Å². The number of ether oxygens (including phenoxy) is 1. The van der Waals surface area contributed by atoms with E-state index in [-0.39, 0.29) is 18.2 Å². The molecular formula is C17H24Cl2N2O2. The van der Waals surface area contributed by atoms with Gasteiger partial charge in [-0.3, -0.25) is 0 Å². The summed E-state index contributed by atoms with van der Waals surface area (Å²) < 4.78 is 5.36. The van der Waals surface area contributed by atoms with Gasteiger partial charge in [0.25, 0.3) is 0 Å². The Bertz CT molecular complexity index is 566. The van der Waals surface area contributed by atoms with Gasteiger partial charge in [-0.05, 0) is 44.9 Å². The quantitative estimate of drug-likeness (QED) is 0.851. The van der Waals surface area contributed by atoms with Crippen molar-refractivity contribution in [2.75, 3.05) is 13.1 Å². The van der Waals surface area contributed by atoms with Gasteiger partial charge in [-0.15, -0.1) is 0 Å². The van der Waals surface area contributed by atoms with Crippen molar-refractivity contribution in [3.8, 4) is 0 Å². The highest BCUT2D eigenvalue weighted by molar-refractivity contribution is 6.42. The lowest BCUT2D eigenvalue weighted by molar-refractivity contribution is 0.00408. The SMILES string of the molecule is CCC(NC1CN(C(=O)OC(C)(C)C)C1)c1ccc(Cl)c(Cl)c1. The third-order valence-corrected chi connectivity index (χ3v) is 4.46. The highest BCUT2D eigenvalue weighted by Crippen LogP contribution is 2.28. The van der Waals surface area contributed by atoms with E-state index < -0.39 is 5.60 Å². The molecule has 23 heavy (non-hydrogen) atoms. The van der Waals surface area contributed by atoms with Crippen LogP contribution in [0, 0.1) is 0 Å². The number of nitrogens with one attached hydrogen (secondary N) is 1. The monoisotopic (exact) mass is 358 g/mol. The van der Waals surface area contributed by atoms with Crippen LogP contribution in [0.5, 0.6) is 0 Å². The van der Waals surface area contributed by atoms with Crippen LogP contribution in [0.4, 0.5) is 4.79 Å². The fourth-order valence-corrected chi connectivity index (χ4v) is 2.83. The van der Waals surface area contributed by atoms with Crippen molar-refractivity contribution in [1.82, 2.24) is 10.2 Å². The molecule has 1 atom stereocenters. The highest BCUT2D eigenvalue weighted by atomic mass is 35.5. The average Bonchev–Trinajstić information content (AvgIpc) is 2.39. The van der Waals surface area contributed by atoms with Crippen molar-refractivity contribution in [3.63, 3.8) is 0 Å². The molecule has 1 fully saturated rings. The maximum atomic E-state index is 11.9. The summed E-state index contributed by atoms with van der Waals surface area (Å²) in [6.45, 7) is 9.05. The Morgan fingerprint density at radius 1 is 1.35 bits per heavy atom. The summed E-state index contributed by atoms with van der Waals surface area (Å²) in [5, 5.41) is 4.69. The van der Waals surface area contributed by atoms with Crippen LogP contribution in [0.2, 0.25) is 10.0 Å². The average molecular weight is 359 g/mol. The summed E-state index contributed by atoms with van der Waals surface area (Å²) in [6, 6.07) is 6.16. The van der Waals surface area contributed by atoms with E-state index in [2.05, 4.69) is 12.2 Å². The molecule has 1 saturated heterocycles. The summed E-state index contributed by atoms with van der Waals surface area (Å²) in [5.74, 6) is 0. The number of carbonyl (C=O) groups is 1. The largest absolute Gasteiger partial charge is 0.444 e. The molecule has 128 valence electrons. The smallest absolute Gasteiger partial charge is 0.410 e. The van der Waals surface area contributed by atoms with Crippen LogP contribution in [0.15, 0.2) is 18.2 Å². The van der Waals surface area contributed by atoms with Crippen LogP contribution in [0.25, 0.3) is 0 Å². The zero-order valence-corrected chi connectivity index (χ0v) is 15.5. The van der Waals surface area contributed by atoms with Gasteiger partial charge in [0.15, 0.2) is 0 Å². The van der Waals surface area contributed by atoms with E-state index in [0.717, 1.165) is 12.0 Å². The topological polar surface area (TPSA) is 41.6 Å². The molecule has 1 amide bonds. The predicted octanol–water partition coefficient (Wildman–Crippen LogP) is 4.65. The van der Waals surface area contributed by atoms with Crippen LogP contribution in [-0.2, 0) is 4.74 Å². The van der Waals surface area contributed by atoms with E-state index in [1.807, 2.05) is 39.0 Å². The van der Waals surface area contributed by atoms with Crippen LogP contribution in [0.3, 0.4) is 0 Å². The standard InChI is InChI=1S/C17H24Cl2N2O2/c1-5-15(11-6-7-13(18)14(19)8-11)20-12-9-21(10-12)16(22)23-17(2,3)4/h6-8,12,15,20H,5,9-10H2,1-4H3. The zero-order valence-electron chi connectivity index (χ0n) is 14.0. The van der Waals surface area contributed by atoms with E-state index in [0.29, 0.717) is 23.1 Å². The molecule has 1 aromatic rings. The van der Waals surface area contributed by atoms with Crippen molar-refractivity contribution < 1.29 is 9.53 Å². The molecular weight excluding hydrogens is 335 g/mol. The second kappa shape index (κ2) is 7.29. The summed E-state index contributed by atoms with van der Waals surface area (Å²) in [4.78, 5) is 13.7. The van der Waals surface area contributed by atoms with Gasteiger partial charge >= 0.3 is 6.09 Å². The summed E-state index contributed by atoms with van der Waals surface area (Å²) in [5.41, 5.74) is 0.652. The van der Waals surface area contributed by atoms with Crippen molar-refractivity contribution in [1.29, 1.82) is 0 Å². The van der Waals surface area contributed by atoms with Gasteiger partial charge in [-0.2, -0.15) is 0 Å². The normalized spacial score (nSPS) is 16.9. The number of hydrogen-bond acceptors (Lipinski definition) is 3. The number of likely N-dealkylation sites (tertiary alicyclic amines) is 1. The predicted molar refractivity (Wildman–Crippen MR) is 94.2 cm³/mol. The second-order valence-electron chi connectivity index (χ2n) is 6.88. The van der Waals surface area contributed by atoms with E-state index in [1.165, 1.54) is 0 Å². The first kappa shape index (κ1) is 18.4. The number of nitrogens with zero attached hydrogens (tertiary/aromatic N) is 1. The van der Waals surface area contributed by atoms with Gasteiger partial charge in [-0.1, -0.05) is 36.2 Å². The molecule has 1 N–H and O–H groups in total. The van der Waals surface area contributed by atoms with Gasteiger partial charge in [0, 0.05) is 25.2 Å². The molecule has 0 radical (unpaired) electrons. The fraction of sp³-hybridized carbons (Fsp3) is 0.588. The number of carbonyl (C=O) groups excluding carboxylic acids is 1. The Kier molecular flexibility index (Phi) is 5.82. The minimum absolute atomic E-state index is 0.190. The van der Waals surface area contributed by atoms with Gasteiger partial charge in [0.1, 0.15) is 5.60 Å². The fourth-order valence-electron chi connectivity index (χ4n) is 2.52. The second-order valence-corrected chi connectivity index (χ2v) is 7.70. The summed E-state index contributed by atoms with van der Waals surface area (Å²) in [7, 11) is 0. The molecule has 1 aliphatic rings. The van der Waals surface area contributed by atoms with Gasteiger partial charge < -0.3 is 15.0 Å². The number of benzene rings is 1. The number of amides is 1. The lowest BCUT2D eigenvalue weighted by atomic mass is 10.0. The third-order valence-electron chi connectivity index (χ3n) is 3.72. The Morgan fingerprint density at radius 3 is 2.52 bits per heavy atom. The zero-order chi connectivity index (χ0) is 17.2. The molecule has 0 aliphatic carbocycles. The molecule has 0 spiro atoms. The van der Waals surface area contributed by atoms with Crippen LogP contribution in [0.1, 0.15) is 45.7 Å². The van der Waals surface area contributed by atoms with Crippen molar-refractivity contribution in [3.05, 3.63) is 33.8 Å². The van der Waals surface area contributed by atoms with E-state index in [4.69, 9.17) is 27.9 Å². The van der Waals surface area contributed by atoms with Crippen LogP contribution >= 0.6 is 23.2 Å². The Labute approximate surface area is 148 Å².